The third-order valence-electron chi connectivity index (χ3n) is 1.87. The molecule has 0 aromatic rings. The normalized spacial score (nSPS) is 39.0. The van der Waals surface area contributed by atoms with Gasteiger partial charge in [-0.3, -0.25) is 0 Å². The fraction of sp³-hybridized carbons (Fsp3) is 1.00. The van der Waals surface area contributed by atoms with Gasteiger partial charge in [-0.25, -0.2) is 0 Å². The number of rotatable bonds is 2. The molecule has 1 fully saturated rings. The zero-order valence-corrected chi connectivity index (χ0v) is 7.17. The van der Waals surface area contributed by atoms with E-state index < -0.39 is 11.9 Å². The summed E-state index contributed by atoms with van der Waals surface area (Å²) in [5.41, 5.74) is 0. The Hall–Kier alpha value is -0.120. The molecule has 1 saturated heterocycles. The molecular formula is C8H16O3. The molecule has 1 aliphatic heterocycles. The van der Waals surface area contributed by atoms with Gasteiger partial charge in [0.25, 0.3) is 0 Å². The number of ether oxygens (including phenoxy) is 2. The predicted octanol–water partition coefficient (Wildman–Crippen LogP) is 0.910. The first kappa shape index (κ1) is 8.97. The van der Waals surface area contributed by atoms with Crippen molar-refractivity contribution in [2.24, 2.45) is 0 Å². The summed E-state index contributed by atoms with van der Waals surface area (Å²) in [6.45, 7) is 4.80. The quantitative estimate of drug-likeness (QED) is 0.652. The van der Waals surface area contributed by atoms with E-state index in [4.69, 9.17) is 14.6 Å². The highest BCUT2D eigenvalue weighted by molar-refractivity contribution is 4.69. The van der Waals surface area contributed by atoms with Crippen molar-refractivity contribution in [2.45, 2.75) is 38.6 Å². The molecule has 0 aliphatic carbocycles. The minimum absolute atomic E-state index is 0.399. The molecule has 1 heterocycles. The summed E-state index contributed by atoms with van der Waals surface area (Å²) in [6.07, 6.45) is 1.48. The monoisotopic (exact) mass is 160 g/mol. The molecule has 0 bridgehead atoms. The minimum Gasteiger partial charge on any atom is -0.388 e. The summed E-state index contributed by atoms with van der Waals surface area (Å²) in [5.74, 6) is -0.450. The van der Waals surface area contributed by atoms with E-state index >= 15 is 0 Å². The first-order valence-electron chi connectivity index (χ1n) is 4.12. The van der Waals surface area contributed by atoms with Gasteiger partial charge in [0.2, 0.25) is 0 Å². The SMILES string of the molecule is CCCC1(C)OCC(O)CO1. The molecule has 11 heavy (non-hydrogen) atoms. The van der Waals surface area contributed by atoms with Crippen LogP contribution in [0.25, 0.3) is 0 Å². The smallest absolute Gasteiger partial charge is 0.165 e. The number of aliphatic hydroxyl groups is 1. The topological polar surface area (TPSA) is 38.7 Å². The fourth-order valence-electron chi connectivity index (χ4n) is 1.23. The number of hydrogen-bond donors (Lipinski definition) is 1. The van der Waals surface area contributed by atoms with E-state index in [-0.39, 0.29) is 0 Å². The van der Waals surface area contributed by atoms with Crippen LogP contribution in [0.5, 0.6) is 0 Å². The minimum atomic E-state index is -0.450. The molecule has 1 N–H and O–H groups in total. The van der Waals surface area contributed by atoms with Gasteiger partial charge in [-0.15, -0.1) is 0 Å². The van der Waals surface area contributed by atoms with E-state index in [0.29, 0.717) is 13.2 Å². The van der Waals surface area contributed by atoms with Crippen molar-refractivity contribution in [3.63, 3.8) is 0 Å². The standard InChI is InChI=1S/C8H16O3/c1-3-4-8(2)10-5-7(9)6-11-8/h7,9H,3-6H2,1-2H3. The van der Waals surface area contributed by atoms with Crippen LogP contribution < -0.4 is 0 Å². The summed E-state index contributed by atoms with van der Waals surface area (Å²) in [7, 11) is 0. The molecule has 0 aromatic carbocycles. The molecule has 0 spiro atoms. The molecular weight excluding hydrogens is 144 g/mol. The zero-order chi connectivity index (χ0) is 8.32. The van der Waals surface area contributed by atoms with Gasteiger partial charge in [-0.05, 0) is 6.92 Å². The Bertz CT molecular complexity index is 117. The van der Waals surface area contributed by atoms with E-state index in [1.807, 2.05) is 6.92 Å². The zero-order valence-electron chi connectivity index (χ0n) is 7.17. The molecule has 0 radical (unpaired) electrons. The third-order valence-corrected chi connectivity index (χ3v) is 1.87. The predicted molar refractivity (Wildman–Crippen MR) is 41.2 cm³/mol. The first-order chi connectivity index (χ1) is 5.16. The van der Waals surface area contributed by atoms with Gasteiger partial charge < -0.3 is 14.6 Å². The van der Waals surface area contributed by atoms with Crippen LogP contribution in [-0.2, 0) is 9.47 Å². The van der Waals surface area contributed by atoms with Gasteiger partial charge in [0.15, 0.2) is 5.79 Å². The lowest BCUT2D eigenvalue weighted by Gasteiger charge is -2.35. The van der Waals surface area contributed by atoms with Crippen molar-refractivity contribution in [1.82, 2.24) is 0 Å². The summed E-state index contributed by atoms with van der Waals surface area (Å²) < 4.78 is 10.7. The van der Waals surface area contributed by atoms with Gasteiger partial charge in [0, 0.05) is 6.42 Å². The highest BCUT2D eigenvalue weighted by Gasteiger charge is 2.30. The van der Waals surface area contributed by atoms with Crippen LogP contribution in [0.4, 0.5) is 0 Å². The second kappa shape index (κ2) is 3.52. The fourth-order valence-corrected chi connectivity index (χ4v) is 1.23. The molecule has 66 valence electrons. The van der Waals surface area contributed by atoms with Crippen LogP contribution in [0, 0.1) is 0 Å². The number of hydrogen-bond acceptors (Lipinski definition) is 3. The summed E-state index contributed by atoms with van der Waals surface area (Å²) in [5, 5.41) is 9.06. The lowest BCUT2D eigenvalue weighted by molar-refractivity contribution is -0.285. The Balaban J connectivity index is 2.35. The number of aliphatic hydroxyl groups excluding tert-OH is 1. The van der Waals surface area contributed by atoms with E-state index in [2.05, 4.69) is 6.92 Å². The Morgan fingerprint density at radius 3 is 2.45 bits per heavy atom. The molecule has 0 atom stereocenters. The lowest BCUT2D eigenvalue weighted by atomic mass is 10.1. The molecule has 1 aliphatic rings. The molecule has 3 nitrogen and oxygen atoms in total. The van der Waals surface area contributed by atoms with Crippen LogP contribution >= 0.6 is 0 Å². The first-order valence-corrected chi connectivity index (χ1v) is 4.12. The van der Waals surface area contributed by atoms with Gasteiger partial charge in [-0.1, -0.05) is 13.3 Å². The van der Waals surface area contributed by atoms with Gasteiger partial charge >= 0.3 is 0 Å². The van der Waals surface area contributed by atoms with E-state index in [1.54, 1.807) is 0 Å². The average molecular weight is 160 g/mol. The van der Waals surface area contributed by atoms with E-state index in [9.17, 15) is 0 Å². The Labute approximate surface area is 67.3 Å². The third kappa shape index (κ3) is 2.43. The van der Waals surface area contributed by atoms with Crippen LogP contribution in [0.15, 0.2) is 0 Å². The van der Waals surface area contributed by atoms with Crippen molar-refractivity contribution in [3.05, 3.63) is 0 Å². The van der Waals surface area contributed by atoms with Gasteiger partial charge in [-0.2, -0.15) is 0 Å². The maximum absolute atomic E-state index is 9.06. The summed E-state index contributed by atoms with van der Waals surface area (Å²) in [6, 6.07) is 0. The lowest BCUT2D eigenvalue weighted by Crippen LogP contribution is -2.43. The average Bonchev–Trinajstić information content (AvgIpc) is 1.97. The molecule has 0 amide bonds. The maximum atomic E-state index is 9.06. The summed E-state index contributed by atoms with van der Waals surface area (Å²) >= 11 is 0. The van der Waals surface area contributed by atoms with Gasteiger partial charge in [0.05, 0.1) is 13.2 Å². The summed E-state index contributed by atoms with van der Waals surface area (Å²) in [4.78, 5) is 0. The highest BCUT2D eigenvalue weighted by atomic mass is 16.7. The highest BCUT2D eigenvalue weighted by Crippen LogP contribution is 2.23. The molecule has 0 aromatic heterocycles. The van der Waals surface area contributed by atoms with Crippen LogP contribution in [-0.4, -0.2) is 30.2 Å². The van der Waals surface area contributed by atoms with Crippen molar-refractivity contribution in [2.75, 3.05) is 13.2 Å². The Morgan fingerprint density at radius 1 is 1.45 bits per heavy atom. The van der Waals surface area contributed by atoms with Crippen molar-refractivity contribution < 1.29 is 14.6 Å². The van der Waals surface area contributed by atoms with E-state index in [0.717, 1.165) is 12.8 Å². The van der Waals surface area contributed by atoms with Crippen LogP contribution in [0.1, 0.15) is 26.7 Å². The van der Waals surface area contributed by atoms with Gasteiger partial charge in [0.1, 0.15) is 6.10 Å². The van der Waals surface area contributed by atoms with Crippen molar-refractivity contribution >= 4 is 0 Å². The molecule has 0 saturated carbocycles. The van der Waals surface area contributed by atoms with Crippen LogP contribution in [0.2, 0.25) is 0 Å². The Morgan fingerprint density at radius 2 is 2.00 bits per heavy atom. The van der Waals surface area contributed by atoms with E-state index in [1.165, 1.54) is 0 Å². The van der Waals surface area contributed by atoms with Crippen molar-refractivity contribution in [3.8, 4) is 0 Å². The molecule has 1 rings (SSSR count). The Kier molecular flexibility index (Phi) is 2.87. The molecule has 3 heteroatoms. The largest absolute Gasteiger partial charge is 0.388 e. The maximum Gasteiger partial charge on any atom is 0.165 e. The molecule has 0 unspecified atom stereocenters. The van der Waals surface area contributed by atoms with Crippen molar-refractivity contribution in [1.29, 1.82) is 0 Å². The second-order valence-electron chi connectivity index (χ2n) is 3.16. The second-order valence-corrected chi connectivity index (χ2v) is 3.16. The van der Waals surface area contributed by atoms with Crippen LogP contribution in [0.3, 0.4) is 0 Å².